The van der Waals surface area contributed by atoms with Gasteiger partial charge in [-0.3, -0.25) is 4.79 Å². The third-order valence-corrected chi connectivity index (χ3v) is 3.03. The first-order chi connectivity index (χ1) is 11.0. The van der Waals surface area contributed by atoms with Crippen molar-refractivity contribution in [2.75, 3.05) is 6.61 Å². The van der Waals surface area contributed by atoms with Crippen LogP contribution < -0.4 is 5.32 Å². The van der Waals surface area contributed by atoms with Gasteiger partial charge in [-0.1, -0.05) is 36.4 Å². The number of carboxylic acid groups (broad SMARTS) is 1. The van der Waals surface area contributed by atoms with Crippen LogP contribution >= 0.6 is 0 Å². The Bertz CT molecular complexity index is 553. The molecule has 0 aliphatic heterocycles. The summed E-state index contributed by atoms with van der Waals surface area (Å²) >= 11 is 0. The maximum absolute atomic E-state index is 11.8. The molecule has 1 aromatic carbocycles. The zero-order chi connectivity index (χ0) is 17.1. The lowest BCUT2D eigenvalue weighted by atomic mass is 10.1. The number of carbonyl (C=O) groups is 3. The summed E-state index contributed by atoms with van der Waals surface area (Å²) in [6, 6.07) is 8.40. The van der Waals surface area contributed by atoms with E-state index in [0.717, 1.165) is 11.6 Å². The van der Waals surface area contributed by atoms with Gasteiger partial charge in [-0.2, -0.15) is 0 Å². The van der Waals surface area contributed by atoms with E-state index in [4.69, 9.17) is 9.84 Å². The molecule has 1 atom stereocenters. The fourth-order valence-corrected chi connectivity index (χ4v) is 1.88. The summed E-state index contributed by atoms with van der Waals surface area (Å²) < 4.78 is 4.69. The van der Waals surface area contributed by atoms with Crippen molar-refractivity contribution < 1.29 is 24.2 Å². The predicted molar refractivity (Wildman–Crippen MR) is 84.7 cm³/mol. The molecule has 1 amide bonds. The highest BCUT2D eigenvalue weighted by Crippen LogP contribution is 2.03. The molecule has 0 aromatic heterocycles. The highest BCUT2D eigenvalue weighted by Gasteiger charge is 2.18. The van der Waals surface area contributed by atoms with Gasteiger partial charge in [0, 0.05) is 12.5 Å². The third-order valence-electron chi connectivity index (χ3n) is 3.03. The van der Waals surface area contributed by atoms with Crippen molar-refractivity contribution in [3.05, 3.63) is 48.0 Å². The minimum atomic E-state index is -1.15. The summed E-state index contributed by atoms with van der Waals surface area (Å²) in [6.07, 6.45) is 3.31. The number of hydrogen-bond acceptors (Lipinski definition) is 4. The number of nitrogens with one attached hydrogen (secondary N) is 1. The number of aliphatic carboxylic acids is 1. The van der Waals surface area contributed by atoms with Crippen LogP contribution in [0.3, 0.4) is 0 Å². The highest BCUT2D eigenvalue weighted by atomic mass is 16.5. The third kappa shape index (κ3) is 7.80. The van der Waals surface area contributed by atoms with E-state index in [0.29, 0.717) is 6.42 Å². The molecule has 0 saturated carbocycles. The Balaban J connectivity index is 2.44. The minimum Gasteiger partial charge on any atom is -0.480 e. The van der Waals surface area contributed by atoms with Gasteiger partial charge in [0.2, 0.25) is 5.91 Å². The molecule has 1 aromatic rings. The van der Waals surface area contributed by atoms with Gasteiger partial charge < -0.3 is 15.2 Å². The molecule has 1 rings (SSSR count). The Morgan fingerprint density at radius 1 is 1.26 bits per heavy atom. The number of carbonyl (C=O) groups excluding carboxylic acids is 2. The summed E-state index contributed by atoms with van der Waals surface area (Å²) in [5, 5.41) is 11.6. The van der Waals surface area contributed by atoms with E-state index >= 15 is 0 Å². The fourth-order valence-electron chi connectivity index (χ4n) is 1.88. The smallest absolute Gasteiger partial charge is 0.330 e. The molecule has 0 spiro atoms. The van der Waals surface area contributed by atoms with Crippen molar-refractivity contribution in [3.63, 3.8) is 0 Å². The minimum absolute atomic E-state index is 0.0191. The lowest BCUT2D eigenvalue weighted by Gasteiger charge is -2.12. The van der Waals surface area contributed by atoms with Crippen LogP contribution in [0.5, 0.6) is 0 Å². The predicted octanol–water partition coefficient (Wildman–Crippen LogP) is 1.70. The molecule has 0 heterocycles. The van der Waals surface area contributed by atoms with E-state index in [1.165, 1.54) is 6.08 Å². The van der Waals surface area contributed by atoms with Crippen LogP contribution in [0.4, 0.5) is 0 Å². The number of esters is 1. The summed E-state index contributed by atoms with van der Waals surface area (Å²) in [6.45, 7) is 1.93. The number of rotatable bonds is 9. The van der Waals surface area contributed by atoms with Gasteiger partial charge in [0.05, 0.1) is 6.61 Å². The molecule has 23 heavy (non-hydrogen) atoms. The molecule has 124 valence electrons. The first kappa shape index (κ1) is 18.4. The molecule has 6 nitrogen and oxygen atoms in total. The SMILES string of the molecule is CCOC(=O)/C=C/C[C@H](NC(=O)CCc1ccccc1)C(=O)O. The zero-order valence-electron chi connectivity index (χ0n) is 13.0. The molecule has 2 N–H and O–H groups in total. The molecule has 0 saturated heterocycles. The number of amides is 1. The van der Waals surface area contributed by atoms with Crippen molar-refractivity contribution in [1.82, 2.24) is 5.32 Å². The molecule has 6 heteroatoms. The van der Waals surface area contributed by atoms with Gasteiger partial charge in [-0.05, 0) is 25.3 Å². The van der Waals surface area contributed by atoms with Crippen LogP contribution in [0.1, 0.15) is 25.3 Å². The Morgan fingerprint density at radius 3 is 2.57 bits per heavy atom. The normalized spacial score (nSPS) is 11.9. The largest absolute Gasteiger partial charge is 0.480 e. The summed E-state index contributed by atoms with van der Waals surface area (Å²) in [4.78, 5) is 34.1. The topological polar surface area (TPSA) is 92.7 Å². The maximum Gasteiger partial charge on any atom is 0.330 e. The zero-order valence-corrected chi connectivity index (χ0v) is 13.0. The summed E-state index contributed by atoms with van der Waals surface area (Å²) in [7, 11) is 0. The van der Waals surface area contributed by atoms with Gasteiger partial charge in [-0.15, -0.1) is 0 Å². The molecular formula is C17H21NO5. The molecule has 0 unspecified atom stereocenters. The molecule has 0 radical (unpaired) electrons. The monoisotopic (exact) mass is 319 g/mol. The average Bonchev–Trinajstić information content (AvgIpc) is 2.53. The first-order valence-corrected chi connectivity index (χ1v) is 7.42. The standard InChI is InChI=1S/C17H21NO5/c1-2-23-16(20)10-6-9-14(17(21)22)18-15(19)12-11-13-7-4-3-5-8-13/h3-8,10,14H,2,9,11-12H2,1H3,(H,18,19)(H,21,22)/b10-6+/t14-/m0/s1. The lowest BCUT2D eigenvalue weighted by molar-refractivity contribution is -0.141. The number of benzene rings is 1. The van der Waals surface area contributed by atoms with E-state index < -0.39 is 18.0 Å². The molecular weight excluding hydrogens is 298 g/mol. The second kappa shape index (κ2) is 10.2. The Hall–Kier alpha value is -2.63. The Kier molecular flexibility index (Phi) is 8.13. The van der Waals surface area contributed by atoms with E-state index in [2.05, 4.69) is 5.32 Å². The number of aryl methyl sites for hydroxylation is 1. The quantitative estimate of drug-likeness (QED) is 0.534. The van der Waals surface area contributed by atoms with Crippen LogP contribution in [0.2, 0.25) is 0 Å². The van der Waals surface area contributed by atoms with Crippen molar-refractivity contribution in [1.29, 1.82) is 0 Å². The molecule has 0 aliphatic carbocycles. The second-order valence-corrected chi connectivity index (χ2v) is 4.83. The van der Waals surface area contributed by atoms with Gasteiger partial charge in [0.15, 0.2) is 0 Å². The van der Waals surface area contributed by atoms with Crippen LogP contribution in [-0.2, 0) is 25.5 Å². The van der Waals surface area contributed by atoms with Crippen LogP contribution in [0.25, 0.3) is 0 Å². The van der Waals surface area contributed by atoms with Crippen LogP contribution in [-0.4, -0.2) is 35.6 Å². The summed E-state index contributed by atoms with van der Waals surface area (Å²) in [5.74, 6) is -2.02. The molecule has 0 bridgehead atoms. The van der Waals surface area contributed by atoms with Crippen molar-refractivity contribution >= 4 is 17.8 Å². The van der Waals surface area contributed by atoms with Crippen molar-refractivity contribution in [2.45, 2.75) is 32.2 Å². The van der Waals surface area contributed by atoms with E-state index in [1.54, 1.807) is 6.92 Å². The van der Waals surface area contributed by atoms with Crippen LogP contribution in [0, 0.1) is 0 Å². The van der Waals surface area contributed by atoms with Gasteiger partial charge >= 0.3 is 11.9 Å². The fraction of sp³-hybridized carbons (Fsp3) is 0.353. The first-order valence-electron chi connectivity index (χ1n) is 7.42. The highest BCUT2D eigenvalue weighted by molar-refractivity contribution is 5.84. The number of carboxylic acids is 1. The van der Waals surface area contributed by atoms with Gasteiger partial charge in [0.1, 0.15) is 6.04 Å². The van der Waals surface area contributed by atoms with E-state index in [9.17, 15) is 14.4 Å². The molecule has 0 aliphatic rings. The molecule has 0 fully saturated rings. The summed E-state index contributed by atoms with van der Waals surface area (Å²) in [5.41, 5.74) is 1.01. The van der Waals surface area contributed by atoms with Gasteiger partial charge in [-0.25, -0.2) is 9.59 Å². The van der Waals surface area contributed by atoms with Gasteiger partial charge in [0.25, 0.3) is 0 Å². The van der Waals surface area contributed by atoms with Crippen molar-refractivity contribution in [3.8, 4) is 0 Å². The Morgan fingerprint density at radius 2 is 1.96 bits per heavy atom. The van der Waals surface area contributed by atoms with Crippen LogP contribution in [0.15, 0.2) is 42.5 Å². The number of ether oxygens (including phenoxy) is 1. The van der Waals surface area contributed by atoms with E-state index in [1.807, 2.05) is 30.3 Å². The second-order valence-electron chi connectivity index (χ2n) is 4.83. The van der Waals surface area contributed by atoms with Crippen molar-refractivity contribution in [2.24, 2.45) is 0 Å². The maximum atomic E-state index is 11.8. The lowest BCUT2D eigenvalue weighted by Crippen LogP contribution is -2.40. The number of hydrogen-bond donors (Lipinski definition) is 2. The average molecular weight is 319 g/mol. The Labute approximate surface area is 135 Å². The van der Waals surface area contributed by atoms with E-state index in [-0.39, 0.29) is 25.4 Å².